The molecule has 1 N–H and O–H groups in total. The summed E-state index contributed by atoms with van der Waals surface area (Å²) in [5.74, 6) is 0. The van der Waals surface area contributed by atoms with E-state index >= 15 is 0 Å². The molecule has 0 unspecified atom stereocenters. The van der Waals surface area contributed by atoms with Gasteiger partial charge in [-0.1, -0.05) is 45.0 Å². The van der Waals surface area contributed by atoms with E-state index in [0.29, 0.717) is 13.3 Å². The standard InChI is InChI=1S/C28H34N6O/c1-19-6-8-22-23-9-7-21(28(3,4)5)15-25(23)34(24(22)14-19)12-10-29-11-13-35-18-33-17-32-26-20(2)30-16-31-27(26)33/h6-9,14-17,29H,10-13,18H2,1-5H3. The molecule has 0 spiro atoms. The molecule has 5 rings (SSSR count). The molecular weight excluding hydrogens is 436 g/mol. The zero-order valence-corrected chi connectivity index (χ0v) is 21.3. The van der Waals surface area contributed by atoms with Gasteiger partial charge in [0.15, 0.2) is 5.65 Å². The third kappa shape index (κ3) is 4.66. The van der Waals surface area contributed by atoms with Crippen LogP contribution in [-0.2, 0) is 23.4 Å². The van der Waals surface area contributed by atoms with Gasteiger partial charge in [-0.15, -0.1) is 0 Å². The molecule has 182 valence electrons. The fourth-order valence-electron chi connectivity index (χ4n) is 4.63. The number of fused-ring (bicyclic) bond motifs is 4. The Morgan fingerprint density at radius 3 is 2.49 bits per heavy atom. The molecular formula is C28H34N6O. The number of aryl methyl sites for hydroxylation is 2. The van der Waals surface area contributed by atoms with E-state index in [0.717, 1.165) is 36.5 Å². The Morgan fingerprint density at radius 1 is 0.914 bits per heavy atom. The molecule has 0 saturated heterocycles. The topological polar surface area (TPSA) is 69.8 Å². The van der Waals surface area contributed by atoms with E-state index in [1.165, 1.54) is 32.9 Å². The summed E-state index contributed by atoms with van der Waals surface area (Å²) in [5.41, 5.74) is 7.88. The average molecular weight is 471 g/mol. The molecule has 3 heterocycles. The molecule has 0 aliphatic carbocycles. The van der Waals surface area contributed by atoms with Gasteiger partial charge in [-0.2, -0.15) is 0 Å². The summed E-state index contributed by atoms with van der Waals surface area (Å²) in [6, 6.07) is 13.7. The number of hydrogen-bond donors (Lipinski definition) is 1. The van der Waals surface area contributed by atoms with E-state index < -0.39 is 0 Å². The highest BCUT2D eigenvalue weighted by molar-refractivity contribution is 6.08. The molecule has 3 aromatic heterocycles. The van der Waals surface area contributed by atoms with Crippen molar-refractivity contribution in [2.24, 2.45) is 0 Å². The van der Waals surface area contributed by atoms with Crippen LogP contribution in [0.15, 0.2) is 49.1 Å². The first-order valence-corrected chi connectivity index (χ1v) is 12.3. The number of nitrogens with one attached hydrogen (secondary N) is 1. The molecule has 0 fully saturated rings. The SMILES string of the molecule is Cc1ccc2c3ccc(C(C)(C)C)cc3n(CCNCCOCn3cnc4c(C)ncnc43)c2c1. The molecule has 0 atom stereocenters. The lowest BCUT2D eigenvalue weighted by Gasteiger charge is -2.19. The van der Waals surface area contributed by atoms with Gasteiger partial charge in [0.2, 0.25) is 0 Å². The van der Waals surface area contributed by atoms with Crippen LogP contribution in [0.2, 0.25) is 0 Å². The van der Waals surface area contributed by atoms with E-state index in [9.17, 15) is 0 Å². The van der Waals surface area contributed by atoms with Gasteiger partial charge in [0.25, 0.3) is 0 Å². The summed E-state index contributed by atoms with van der Waals surface area (Å²) in [4.78, 5) is 12.9. The third-order valence-corrected chi connectivity index (χ3v) is 6.64. The molecule has 0 aliphatic heterocycles. The number of imidazole rings is 1. The van der Waals surface area contributed by atoms with Gasteiger partial charge in [-0.3, -0.25) is 4.57 Å². The van der Waals surface area contributed by atoms with Crippen molar-refractivity contribution < 1.29 is 4.74 Å². The molecule has 7 nitrogen and oxygen atoms in total. The van der Waals surface area contributed by atoms with Crippen LogP contribution in [0.1, 0.15) is 37.6 Å². The Bertz CT molecular complexity index is 1490. The van der Waals surface area contributed by atoms with Crippen LogP contribution in [0.4, 0.5) is 0 Å². The smallest absolute Gasteiger partial charge is 0.165 e. The summed E-state index contributed by atoms with van der Waals surface area (Å²) >= 11 is 0. The fourth-order valence-corrected chi connectivity index (χ4v) is 4.63. The summed E-state index contributed by atoms with van der Waals surface area (Å²) < 4.78 is 10.2. The Kier molecular flexibility index (Phi) is 6.30. The van der Waals surface area contributed by atoms with E-state index in [1.54, 1.807) is 12.7 Å². The number of hydrogen-bond acceptors (Lipinski definition) is 5. The van der Waals surface area contributed by atoms with Crippen LogP contribution in [0.5, 0.6) is 0 Å². The summed E-state index contributed by atoms with van der Waals surface area (Å²) in [5, 5.41) is 6.19. The monoisotopic (exact) mass is 470 g/mol. The van der Waals surface area contributed by atoms with Crippen molar-refractivity contribution in [2.75, 3.05) is 19.7 Å². The van der Waals surface area contributed by atoms with E-state index in [-0.39, 0.29) is 5.41 Å². The minimum Gasteiger partial charge on any atom is -0.359 e. The normalized spacial score (nSPS) is 12.4. The highest BCUT2D eigenvalue weighted by Gasteiger charge is 2.17. The van der Waals surface area contributed by atoms with Crippen LogP contribution in [0.3, 0.4) is 0 Å². The first kappa shape index (κ1) is 23.5. The van der Waals surface area contributed by atoms with Crippen molar-refractivity contribution in [2.45, 2.75) is 53.3 Å². The Morgan fingerprint density at radius 2 is 1.69 bits per heavy atom. The predicted molar refractivity (Wildman–Crippen MR) is 142 cm³/mol. The molecule has 0 radical (unpaired) electrons. The number of rotatable bonds is 8. The highest BCUT2D eigenvalue weighted by atomic mass is 16.5. The van der Waals surface area contributed by atoms with Crippen molar-refractivity contribution in [3.05, 3.63) is 65.9 Å². The first-order valence-electron chi connectivity index (χ1n) is 12.3. The average Bonchev–Trinajstić information content (AvgIpc) is 3.37. The number of benzene rings is 2. The van der Waals surface area contributed by atoms with Crippen molar-refractivity contribution in [1.29, 1.82) is 0 Å². The van der Waals surface area contributed by atoms with Gasteiger partial charge < -0.3 is 14.6 Å². The van der Waals surface area contributed by atoms with E-state index in [1.807, 2.05) is 11.5 Å². The van der Waals surface area contributed by atoms with Gasteiger partial charge in [0.1, 0.15) is 18.6 Å². The van der Waals surface area contributed by atoms with E-state index in [4.69, 9.17) is 4.74 Å². The lowest BCUT2D eigenvalue weighted by molar-refractivity contribution is 0.0811. The third-order valence-electron chi connectivity index (χ3n) is 6.64. The van der Waals surface area contributed by atoms with Crippen molar-refractivity contribution in [3.8, 4) is 0 Å². The molecule has 5 aromatic rings. The van der Waals surface area contributed by atoms with Crippen LogP contribution >= 0.6 is 0 Å². The van der Waals surface area contributed by atoms with Crippen molar-refractivity contribution in [3.63, 3.8) is 0 Å². The molecule has 0 amide bonds. The van der Waals surface area contributed by atoms with E-state index in [2.05, 4.69) is 88.9 Å². The lowest BCUT2D eigenvalue weighted by Crippen LogP contribution is -2.24. The van der Waals surface area contributed by atoms with Crippen molar-refractivity contribution >= 4 is 33.0 Å². The first-order chi connectivity index (χ1) is 16.8. The second kappa shape index (κ2) is 9.40. The van der Waals surface area contributed by atoms with Crippen LogP contribution in [0, 0.1) is 13.8 Å². The second-order valence-electron chi connectivity index (χ2n) is 10.3. The van der Waals surface area contributed by atoms with Gasteiger partial charge in [0, 0.05) is 41.4 Å². The minimum atomic E-state index is 0.117. The second-order valence-corrected chi connectivity index (χ2v) is 10.3. The van der Waals surface area contributed by atoms with Gasteiger partial charge in [-0.05, 0) is 42.5 Å². The zero-order chi connectivity index (χ0) is 24.6. The quantitative estimate of drug-likeness (QED) is 0.319. The largest absolute Gasteiger partial charge is 0.359 e. The maximum atomic E-state index is 5.87. The number of ether oxygens (including phenoxy) is 1. The maximum absolute atomic E-state index is 5.87. The van der Waals surface area contributed by atoms with Crippen LogP contribution < -0.4 is 5.32 Å². The predicted octanol–water partition coefficient (Wildman–Crippen LogP) is 5.11. The summed E-state index contributed by atoms with van der Waals surface area (Å²) in [6.45, 7) is 14.5. The van der Waals surface area contributed by atoms with Crippen LogP contribution in [-0.4, -0.2) is 43.8 Å². The molecule has 0 bridgehead atoms. The van der Waals surface area contributed by atoms with Gasteiger partial charge in [0.05, 0.1) is 18.6 Å². The zero-order valence-electron chi connectivity index (χ0n) is 21.3. The Hall–Kier alpha value is -3.29. The van der Waals surface area contributed by atoms with Crippen LogP contribution in [0.25, 0.3) is 33.0 Å². The fraction of sp³-hybridized carbons (Fsp3) is 0.393. The lowest BCUT2D eigenvalue weighted by atomic mass is 9.86. The molecule has 0 aliphatic rings. The molecule has 0 saturated carbocycles. The number of aromatic nitrogens is 5. The highest BCUT2D eigenvalue weighted by Crippen LogP contribution is 2.33. The Labute approximate surface area is 206 Å². The molecule has 35 heavy (non-hydrogen) atoms. The molecule has 7 heteroatoms. The summed E-state index contributed by atoms with van der Waals surface area (Å²) in [7, 11) is 0. The summed E-state index contributed by atoms with van der Waals surface area (Å²) in [6.07, 6.45) is 3.33. The maximum Gasteiger partial charge on any atom is 0.165 e. The minimum absolute atomic E-state index is 0.117. The van der Waals surface area contributed by atoms with Gasteiger partial charge in [-0.25, -0.2) is 15.0 Å². The van der Waals surface area contributed by atoms with Crippen molar-refractivity contribution in [1.82, 2.24) is 29.4 Å². The molecule has 2 aromatic carbocycles. The Balaban J connectivity index is 1.23. The number of nitrogens with zero attached hydrogens (tertiary/aromatic N) is 5. The van der Waals surface area contributed by atoms with Gasteiger partial charge >= 0.3 is 0 Å².